The second-order valence-electron chi connectivity index (χ2n) is 2.94. The van der Waals surface area contributed by atoms with Crippen molar-refractivity contribution < 1.29 is 9.50 Å². The molecule has 0 aliphatic rings. The molecule has 0 saturated carbocycles. The molecule has 80 valence electrons. The molecule has 0 amide bonds. The molecule has 0 unspecified atom stereocenters. The number of aromatic hydroxyl groups is 1. The molecular formula is C9H3ClFN3O2. The smallest absolute Gasteiger partial charge is 0.270 e. The molecule has 2 heterocycles. The zero-order valence-electron chi connectivity index (χ0n) is 7.58. The Morgan fingerprint density at radius 2 is 2.31 bits per heavy atom. The molecule has 2 N–H and O–H groups in total. The predicted molar refractivity (Wildman–Crippen MR) is 53.7 cm³/mol. The van der Waals surface area contributed by atoms with E-state index in [4.69, 9.17) is 16.9 Å². The Hall–Kier alpha value is -2.13. The summed E-state index contributed by atoms with van der Waals surface area (Å²) >= 11 is 5.41. The van der Waals surface area contributed by atoms with E-state index in [1.807, 2.05) is 0 Å². The van der Waals surface area contributed by atoms with Gasteiger partial charge in [-0.1, -0.05) is 11.6 Å². The Labute approximate surface area is 92.7 Å². The first-order chi connectivity index (χ1) is 7.56. The number of nitrogens with zero attached hydrogens (tertiary/aromatic N) is 2. The highest BCUT2D eigenvalue weighted by molar-refractivity contribution is 6.30. The number of halogens is 2. The summed E-state index contributed by atoms with van der Waals surface area (Å²) in [6.07, 6.45) is 1.08. The summed E-state index contributed by atoms with van der Waals surface area (Å²) in [5.74, 6) is -1.56. The summed E-state index contributed by atoms with van der Waals surface area (Å²) in [6, 6.07) is 1.51. The highest BCUT2D eigenvalue weighted by atomic mass is 35.5. The van der Waals surface area contributed by atoms with Crippen molar-refractivity contribution in [1.29, 1.82) is 5.26 Å². The fraction of sp³-hybridized carbons (Fsp3) is 0. The summed E-state index contributed by atoms with van der Waals surface area (Å²) in [6.45, 7) is 0. The van der Waals surface area contributed by atoms with Crippen molar-refractivity contribution in [3.05, 3.63) is 33.1 Å². The Morgan fingerprint density at radius 3 is 2.94 bits per heavy atom. The standard InChI is InChI=1S/C9H3ClFN3O2/c10-8-5(11)6-4(2-13-8)7(15)3(1-12)9(16)14-6/h2H,(H2,14,15,16). The van der Waals surface area contributed by atoms with Crippen molar-refractivity contribution in [3.63, 3.8) is 0 Å². The molecule has 0 fully saturated rings. The van der Waals surface area contributed by atoms with E-state index >= 15 is 0 Å². The van der Waals surface area contributed by atoms with Crippen LogP contribution in [0.5, 0.6) is 5.75 Å². The lowest BCUT2D eigenvalue weighted by Crippen LogP contribution is -2.11. The fourth-order valence-electron chi connectivity index (χ4n) is 1.29. The van der Waals surface area contributed by atoms with Gasteiger partial charge in [-0.25, -0.2) is 9.37 Å². The second-order valence-corrected chi connectivity index (χ2v) is 3.30. The first kappa shape index (κ1) is 10.4. The number of pyridine rings is 2. The lowest BCUT2D eigenvalue weighted by atomic mass is 10.2. The molecule has 0 aliphatic heterocycles. The Kier molecular flexibility index (Phi) is 2.25. The zero-order valence-corrected chi connectivity index (χ0v) is 8.34. The van der Waals surface area contributed by atoms with Crippen molar-refractivity contribution in [2.45, 2.75) is 0 Å². The summed E-state index contributed by atoms with van der Waals surface area (Å²) in [5, 5.41) is 17.7. The number of H-pyrrole nitrogens is 1. The van der Waals surface area contributed by atoms with Gasteiger partial charge in [0.2, 0.25) is 0 Å². The number of nitrogens with one attached hydrogen (secondary N) is 1. The topological polar surface area (TPSA) is 89.8 Å². The van der Waals surface area contributed by atoms with Crippen LogP contribution in [0.4, 0.5) is 4.39 Å². The third-order valence-corrected chi connectivity index (χ3v) is 2.31. The van der Waals surface area contributed by atoms with E-state index in [9.17, 15) is 14.3 Å². The summed E-state index contributed by atoms with van der Waals surface area (Å²) < 4.78 is 13.4. The lowest BCUT2D eigenvalue weighted by molar-refractivity contribution is 0.478. The molecule has 2 aromatic heterocycles. The van der Waals surface area contributed by atoms with Crippen LogP contribution in [0.15, 0.2) is 11.0 Å². The van der Waals surface area contributed by atoms with Crippen molar-refractivity contribution in [1.82, 2.24) is 9.97 Å². The van der Waals surface area contributed by atoms with Gasteiger partial charge in [0.05, 0.1) is 10.9 Å². The number of nitriles is 1. The SMILES string of the molecule is N#Cc1c(O)c2cnc(Cl)c(F)c2[nH]c1=O. The molecule has 0 atom stereocenters. The minimum absolute atomic E-state index is 0.0712. The first-order valence-corrected chi connectivity index (χ1v) is 4.43. The molecule has 7 heteroatoms. The number of rotatable bonds is 0. The molecule has 2 aromatic rings. The Balaban J connectivity index is 3.06. The van der Waals surface area contributed by atoms with Crippen molar-refractivity contribution in [2.24, 2.45) is 0 Å². The maximum absolute atomic E-state index is 13.4. The fourth-order valence-corrected chi connectivity index (χ4v) is 1.43. The second kappa shape index (κ2) is 3.47. The van der Waals surface area contributed by atoms with Crippen LogP contribution in [0.3, 0.4) is 0 Å². The molecule has 0 aromatic carbocycles. The minimum atomic E-state index is -0.948. The van der Waals surface area contributed by atoms with Crippen LogP contribution in [-0.2, 0) is 0 Å². The van der Waals surface area contributed by atoms with Gasteiger partial charge in [0, 0.05) is 6.20 Å². The molecule has 0 aliphatic carbocycles. The molecule has 0 saturated heterocycles. The summed E-state index contributed by atoms with van der Waals surface area (Å²) in [7, 11) is 0. The third-order valence-electron chi connectivity index (χ3n) is 2.05. The maximum atomic E-state index is 13.4. The quantitative estimate of drug-likeness (QED) is 0.678. The highest BCUT2D eigenvalue weighted by Gasteiger charge is 2.16. The maximum Gasteiger partial charge on any atom is 0.270 e. The van der Waals surface area contributed by atoms with Crippen molar-refractivity contribution in [2.75, 3.05) is 0 Å². The highest BCUT2D eigenvalue weighted by Crippen LogP contribution is 2.27. The normalized spacial score (nSPS) is 10.3. The van der Waals surface area contributed by atoms with E-state index in [2.05, 4.69) is 9.97 Å². The predicted octanol–water partition coefficient (Wildman–Crippen LogP) is 1.29. The van der Waals surface area contributed by atoms with Gasteiger partial charge in [-0.2, -0.15) is 5.26 Å². The van der Waals surface area contributed by atoms with Gasteiger partial charge in [0.1, 0.15) is 11.8 Å². The van der Waals surface area contributed by atoms with Crippen molar-refractivity contribution in [3.8, 4) is 11.8 Å². The van der Waals surface area contributed by atoms with E-state index in [1.165, 1.54) is 6.07 Å². The van der Waals surface area contributed by atoms with Gasteiger partial charge >= 0.3 is 0 Å². The minimum Gasteiger partial charge on any atom is -0.506 e. The number of fused-ring (bicyclic) bond motifs is 1. The van der Waals surface area contributed by atoms with Crippen LogP contribution >= 0.6 is 11.6 Å². The van der Waals surface area contributed by atoms with Gasteiger partial charge in [-0.05, 0) is 0 Å². The number of aromatic nitrogens is 2. The van der Waals surface area contributed by atoms with E-state index < -0.39 is 27.8 Å². The third kappa shape index (κ3) is 1.30. The number of hydrogen-bond donors (Lipinski definition) is 2. The van der Waals surface area contributed by atoms with E-state index in [0.29, 0.717) is 0 Å². The van der Waals surface area contributed by atoms with Crippen LogP contribution in [0.2, 0.25) is 5.15 Å². The van der Waals surface area contributed by atoms with Crippen LogP contribution in [0.25, 0.3) is 10.9 Å². The van der Waals surface area contributed by atoms with Gasteiger partial charge < -0.3 is 10.1 Å². The number of hydrogen-bond acceptors (Lipinski definition) is 4. The monoisotopic (exact) mass is 239 g/mol. The Morgan fingerprint density at radius 1 is 1.62 bits per heavy atom. The largest absolute Gasteiger partial charge is 0.506 e. The molecular weight excluding hydrogens is 237 g/mol. The lowest BCUT2D eigenvalue weighted by Gasteiger charge is -2.03. The van der Waals surface area contributed by atoms with Gasteiger partial charge in [0.25, 0.3) is 5.56 Å². The zero-order chi connectivity index (χ0) is 11.9. The van der Waals surface area contributed by atoms with Crippen LogP contribution in [0.1, 0.15) is 5.56 Å². The van der Waals surface area contributed by atoms with Gasteiger partial charge in [-0.3, -0.25) is 4.79 Å². The van der Waals surface area contributed by atoms with E-state index in [0.717, 1.165) is 6.20 Å². The molecule has 0 bridgehead atoms. The van der Waals surface area contributed by atoms with Crippen molar-refractivity contribution >= 4 is 22.5 Å². The van der Waals surface area contributed by atoms with Crippen LogP contribution in [-0.4, -0.2) is 15.1 Å². The molecule has 0 radical (unpaired) electrons. The number of aromatic amines is 1. The average molecular weight is 240 g/mol. The molecule has 5 nitrogen and oxygen atoms in total. The van der Waals surface area contributed by atoms with Gasteiger partial charge in [0.15, 0.2) is 16.5 Å². The van der Waals surface area contributed by atoms with E-state index in [-0.39, 0.29) is 10.9 Å². The average Bonchev–Trinajstić information content (AvgIpc) is 2.25. The Bertz CT molecular complexity index is 690. The van der Waals surface area contributed by atoms with Crippen LogP contribution in [0, 0.1) is 17.1 Å². The molecule has 16 heavy (non-hydrogen) atoms. The van der Waals surface area contributed by atoms with Gasteiger partial charge in [-0.15, -0.1) is 0 Å². The first-order valence-electron chi connectivity index (χ1n) is 4.05. The molecule has 2 rings (SSSR count). The van der Waals surface area contributed by atoms with Crippen LogP contribution < -0.4 is 5.56 Å². The summed E-state index contributed by atoms with van der Waals surface area (Å²) in [4.78, 5) is 16.9. The summed E-state index contributed by atoms with van der Waals surface area (Å²) in [5.41, 5.74) is -1.65. The molecule has 0 spiro atoms. The van der Waals surface area contributed by atoms with E-state index in [1.54, 1.807) is 0 Å².